The Bertz CT molecular complexity index is 1180. The number of piperazine rings is 1. The molecule has 10 heteroatoms. The van der Waals surface area contributed by atoms with Crippen LogP contribution in [0.3, 0.4) is 0 Å². The van der Waals surface area contributed by atoms with Gasteiger partial charge in [0.25, 0.3) is 5.91 Å². The molecule has 1 atom stereocenters. The molecule has 208 valence electrons. The molecule has 0 spiro atoms. The van der Waals surface area contributed by atoms with Crippen molar-refractivity contribution in [2.45, 2.75) is 20.0 Å². The zero-order valence-electron chi connectivity index (χ0n) is 22.2. The minimum Gasteiger partial charge on any atom is -0.395 e. The lowest BCUT2D eigenvalue weighted by Crippen LogP contribution is -2.47. The molecular formula is C29H35Cl2N5O3. The summed E-state index contributed by atoms with van der Waals surface area (Å²) in [6.45, 7) is 7.54. The summed E-state index contributed by atoms with van der Waals surface area (Å²) < 4.78 is 0. The van der Waals surface area contributed by atoms with Crippen molar-refractivity contribution >= 4 is 34.8 Å². The van der Waals surface area contributed by atoms with Gasteiger partial charge in [-0.3, -0.25) is 14.7 Å². The summed E-state index contributed by atoms with van der Waals surface area (Å²) in [5.74, 6) is -0.310. The average Bonchev–Trinajstić information content (AvgIpc) is 2.98. The van der Waals surface area contributed by atoms with E-state index in [-0.39, 0.29) is 19.1 Å². The quantitative estimate of drug-likeness (QED) is 0.381. The summed E-state index contributed by atoms with van der Waals surface area (Å²) in [6.07, 6.45) is 0.667. The van der Waals surface area contributed by atoms with E-state index in [0.717, 1.165) is 36.9 Å². The smallest absolute Gasteiger partial charge is 0.252 e. The Morgan fingerprint density at radius 2 is 1.77 bits per heavy atom. The fraction of sp³-hybridized carbons (Fsp3) is 0.345. The van der Waals surface area contributed by atoms with Crippen molar-refractivity contribution in [2.24, 2.45) is 0 Å². The first kappa shape index (κ1) is 32.0. The zero-order chi connectivity index (χ0) is 28.6. The van der Waals surface area contributed by atoms with E-state index in [0.29, 0.717) is 28.4 Å². The second-order valence-electron chi connectivity index (χ2n) is 8.33. The van der Waals surface area contributed by atoms with Gasteiger partial charge in [-0.05, 0) is 42.5 Å². The molecule has 1 aliphatic rings. The molecular weight excluding hydrogens is 537 g/mol. The van der Waals surface area contributed by atoms with Crippen molar-refractivity contribution in [3.8, 4) is 6.07 Å². The van der Waals surface area contributed by atoms with Gasteiger partial charge in [0, 0.05) is 50.5 Å². The number of anilines is 1. The number of nitrogens with one attached hydrogen (secondary N) is 1. The molecule has 1 amide bonds. The van der Waals surface area contributed by atoms with E-state index in [9.17, 15) is 9.90 Å². The normalized spacial score (nSPS) is 13.6. The molecule has 0 aliphatic carbocycles. The number of nitriles is 1. The molecule has 3 aromatic rings. The van der Waals surface area contributed by atoms with E-state index >= 15 is 0 Å². The highest BCUT2D eigenvalue weighted by Gasteiger charge is 2.22. The highest BCUT2D eigenvalue weighted by atomic mass is 35.5. The number of aromatic nitrogens is 1. The maximum atomic E-state index is 11.8. The minimum absolute atomic E-state index is 0.124. The zero-order valence-corrected chi connectivity index (χ0v) is 23.7. The minimum atomic E-state index is -0.760. The molecule has 1 aliphatic heterocycles. The summed E-state index contributed by atoms with van der Waals surface area (Å²) in [5.41, 5.74) is 2.33. The van der Waals surface area contributed by atoms with Crippen LogP contribution in [0.4, 0.5) is 5.69 Å². The van der Waals surface area contributed by atoms with Gasteiger partial charge in [0.05, 0.1) is 40.2 Å². The number of hydrogen-bond acceptors (Lipinski definition) is 7. The number of β-amino-alcohol motifs (C(OH)–C–C–N with tert-alkyl or cyclic N) is 1. The molecule has 1 unspecified atom stereocenters. The Hall–Kier alpha value is -3.19. The van der Waals surface area contributed by atoms with Gasteiger partial charge in [0.2, 0.25) is 0 Å². The molecule has 3 N–H and O–H groups in total. The molecule has 0 bridgehead atoms. The molecule has 0 saturated carbocycles. The number of benzene rings is 2. The number of halogens is 2. The standard InChI is InChI=1S/C21H24ClN5O3.C6H5Cl.C2H6/c22-17-11-15(12-23)1-4-19(17)27-8-6-26(7-9-27)14-20(29)18-3-2-16(13-25-18)21(30)24-5-10-28;7-6-4-2-1-3-5-6;1-2/h1-4,11,13,20,28-29H,5-10,14H2,(H,24,30);1-5H;1-2H3. The molecule has 1 fully saturated rings. The number of carbonyl (C=O) groups excluding carboxylic acids is 1. The monoisotopic (exact) mass is 571 g/mol. The predicted molar refractivity (Wildman–Crippen MR) is 156 cm³/mol. The van der Waals surface area contributed by atoms with Gasteiger partial charge in [-0.15, -0.1) is 0 Å². The topological polar surface area (TPSA) is 113 Å². The van der Waals surface area contributed by atoms with Gasteiger partial charge in [-0.25, -0.2) is 0 Å². The van der Waals surface area contributed by atoms with Crippen LogP contribution >= 0.6 is 23.2 Å². The summed E-state index contributed by atoms with van der Waals surface area (Å²) in [6, 6.07) is 20.1. The fourth-order valence-corrected chi connectivity index (χ4v) is 4.21. The second-order valence-corrected chi connectivity index (χ2v) is 9.17. The second kappa shape index (κ2) is 17.4. The van der Waals surface area contributed by atoms with Crippen LogP contribution in [0.25, 0.3) is 0 Å². The SMILES string of the molecule is CC.Clc1ccccc1.N#Cc1ccc(N2CCN(CC(O)c3ccc(C(=O)NCCO)cn3)CC2)c(Cl)c1. The number of nitrogens with zero attached hydrogens (tertiary/aromatic N) is 4. The maximum Gasteiger partial charge on any atom is 0.252 e. The van der Waals surface area contributed by atoms with Crippen LogP contribution in [0.5, 0.6) is 0 Å². The number of pyridine rings is 1. The summed E-state index contributed by atoms with van der Waals surface area (Å²) in [5, 5.41) is 32.2. The molecule has 39 heavy (non-hydrogen) atoms. The largest absolute Gasteiger partial charge is 0.395 e. The number of aliphatic hydroxyl groups excluding tert-OH is 2. The third-order valence-electron chi connectivity index (χ3n) is 5.74. The first-order valence-electron chi connectivity index (χ1n) is 12.8. The lowest BCUT2D eigenvalue weighted by Gasteiger charge is -2.37. The Kier molecular flexibility index (Phi) is 14.3. The lowest BCUT2D eigenvalue weighted by atomic mass is 10.1. The molecule has 2 heterocycles. The molecule has 8 nitrogen and oxygen atoms in total. The van der Waals surface area contributed by atoms with Gasteiger partial charge in [-0.2, -0.15) is 5.26 Å². The van der Waals surface area contributed by atoms with Gasteiger partial charge in [-0.1, -0.05) is 55.2 Å². The van der Waals surface area contributed by atoms with E-state index in [1.54, 1.807) is 24.3 Å². The summed E-state index contributed by atoms with van der Waals surface area (Å²) in [7, 11) is 0. The van der Waals surface area contributed by atoms with E-state index in [2.05, 4.69) is 26.2 Å². The van der Waals surface area contributed by atoms with E-state index in [4.69, 9.17) is 33.6 Å². The number of carbonyl (C=O) groups is 1. The predicted octanol–water partition coefficient (Wildman–Crippen LogP) is 4.55. The lowest BCUT2D eigenvalue weighted by molar-refractivity contribution is 0.0942. The molecule has 1 aromatic heterocycles. The highest BCUT2D eigenvalue weighted by molar-refractivity contribution is 6.33. The first-order valence-corrected chi connectivity index (χ1v) is 13.6. The van der Waals surface area contributed by atoms with Crippen molar-refractivity contribution in [1.82, 2.24) is 15.2 Å². The van der Waals surface area contributed by atoms with Crippen molar-refractivity contribution in [3.63, 3.8) is 0 Å². The van der Waals surface area contributed by atoms with Crippen LogP contribution in [0.15, 0.2) is 66.9 Å². The maximum absolute atomic E-state index is 11.8. The third kappa shape index (κ3) is 10.5. The highest BCUT2D eigenvalue weighted by Crippen LogP contribution is 2.28. The molecule has 0 radical (unpaired) electrons. The Morgan fingerprint density at radius 3 is 2.28 bits per heavy atom. The van der Waals surface area contributed by atoms with Crippen molar-refractivity contribution in [2.75, 3.05) is 50.8 Å². The van der Waals surface area contributed by atoms with E-state index in [1.807, 2.05) is 50.2 Å². The van der Waals surface area contributed by atoms with Crippen molar-refractivity contribution < 1.29 is 15.0 Å². The van der Waals surface area contributed by atoms with Crippen molar-refractivity contribution in [1.29, 1.82) is 5.26 Å². The van der Waals surface area contributed by atoms with Gasteiger partial charge >= 0.3 is 0 Å². The van der Waals surface area contributed by atoms with E-state index < -0.39 is 6.10 Å². The van der Waals surface area contributed by atoms with Crippen LogP contribution < -0.4 is 10.2 Å². The van der Waals surface area contributed by atoms with E-state index in [1.165, 1.54) is 6.20 Å². The van der Waals surface area contributed by atoms with Crippen LogP contribution in [0, 0.1) is 11.3 Å². The number of hydrogen-bond donors (Lipinski definition) is 3. The molecule has 4 rings (SSSR count). The number of aliphatic hydroxyl groups is 2. The average molecular weight is 573 g/mol. The van der Waals surface area contributed by atoms with Crippen molar-refractivity contribution in [3.05, 3.63) is 93.7 Å². The fourth-order valence-electron chi connectivity index (χ4n) is 3.77. The van der Waals surface area contributed by atoms with Crippen LogP contribution in [0.1, 0.15) is 41.6 Å². The summed E-state index contributed by atoms with van der Waals surface area (Å²) in [4.78, 5) is 20.4. The summed E-state index contributed by atoms with van der Waals surface area (Å²) >= 11 is 11.8. The Morgan fingerprint density at radius 1 is 1.08 bits per heavy atom. The van der Waals surface area contributed by atoms with Crippen LogP contribution in [0.2, 0.25) is 10.0 Å². The van der Waals surface area contributed by atoms with Gasteiger partial charge in [0.1, 0.15) is 6.10 Å². The van der Waals surface area contributed by atoms with Gasteiger partial charge < -0.3 is 20.4 Å². The first-order chi connectivity index (χ1) is 18.9. The molecule has 2 aromatic carbocycles. The number of amides is 1. The third-order valence-corrected chi connectivity index (χ3v) is 6.30. The van der Waals surface area contributed by atoms with Crippen LogP contribution in [-0.4, -0.2) is 71.9 Å². The molecule has 1 saturated heterocycles. The Labute approximate surface area is 240 Å². The Balaban J connectivity index is 0.000000507. The van der Waals surface area contributed by atoms with Gasteiger partial charge in [0.15, 0.2) is 0 Å². The van der Waals surface area contributed by atoms with Crippen LogP contribution in [-0.2, 0) is 0 Å². The number of rotatable bonds is 7.